The van der Waals surface area contributed by atoms with Gasteiger partial charge in [0.25, 0.3) is 0 Å². The summed E-state index contributed by atoms with van der Waals surface area (Å²) < 4.78 is 15.3. The Morgan fingerprint density at radius 3 is 3.00 bits per heavy atom. The topological polar surface area (TPSA) is 51.5 Å². The van der Waals surface area contributed by atoms with Gasteiger partial charge >= 0.3 is 0 Å². The van der Waals surface area contributed by atoms with E-state index in [4.69, 9.17) is 19.6 Å². The summed E-state index contributed by atoms with van der Waals surface area (Å²) in [7, 11) is 0. The van der Waals surface area contributed by atoms with Crippen LogP contribution in [0.4, 0.5) is 0 Å². The van der Waals surface area contributed by atoms with Crippen molar-refractivity contribution >= 4 is 5.90 Å². The van der Waals surface area contributed by atoms with Gasteiger partial charge in [-0.1, -0.05) is 0 Å². The summed E-state index contributed by atoms with van der Waals surface area (Å²) in [5, 5.41) is 7.36. The molecule has 1 aliphatic rings. The van der Waals surface area contributed by atoms with Crippen molar-refractivity contribution in [2.24, 2.45) is 0 Å². The second-order valence-electron chi connectivity index (χ2n) is 2.23. The van der Waals surface area contributed by atoms with E-state index in [-0.39, 0.29) is 12.0 Å². The lowest BCUT2D eigenvalue weighted by atomic mass is 10.3. The van der Waals surface area contributed by atoms with Gasteiger partial charge in [0.2, 0.25) is 5.90 Å². The standard InChI is InChI=1S/C7H13NO3/c1-2-10-7(8)6-5-9-3-4-11-6/h6,8H,2-5H2,1H3. The Kier molecular flexibility index (Phi) is 3.32. The molecule has 4 nitrogen and oxygen atoms in total. The van der Waals surface area contributed by atoms with Gasteiger partial charge in [-0.25, -0.2) is 0 Å². The van der Waals surface area contributed by atoms with Crippen LogP contribution in [0.3, 0.4) is 0 Å². The average Bonchev–Trinajstić information content (AvgIpc) is 2.07. The molecule has 0 radical (unpaired) electrons. The molecule has 4 heteroatoms. The lowest BCUT2D eigenvalue weighted by molar-refractivity contribution is -0.0672. The summed E-state index contributed by atoms with van der Waals surface area (Å²) in [4.78, 5) is 0. The largest absolute Gasteiger partial charge is 0.479 e. The van der Waals surface area contributed by atoms with E-state index in [1.165, 1.54) is 0 Å². The van der Waals surface area contributed by atoms with Crippen LogP contribution in [0.1, 0.15) is 6.92 Å². The van der Waals surface area contributed by atoms with Crippen molar-refractivity contribution in [1.29, 1.82) is 5.41 Å². The quantitative estimate of drug-likeness (QED) is 0.469. The highest BCUT2D eigenvalue weighted by atomic mass is 16.6. The first-order valence-electron chi connectivity index (χ1n) is 3.75. The van der Waals surface area contributed by atoms with Gasteiger partial charge in [0.15, 0.2) is 6.10 Å². The molecule has 0 spiro atoms. The Labute approximate surface area is 65.9 Å². The molecular formula is C7H13NO3. The molecule has 1 saturated heterocycles. The second kappa shape index (κ2) is 4.31. The van der Waals surface area contributed by atoms with Crippen molar-refractivity contribution in [3.63, 3.8) is 0 Å². The molecule has 1 aliphatic heterocycles. The normalized spacial score (nSPS) is 24.6. The van der Waals surface area contributed by atoms with E-state index in [1.54, 1.807) is 0 Å². The maximum Gasteiger partial charge on any atom is 0.212 e. The maximum atomic E-state index is 7.36. The number of rotatable bonds is 2. The predicted molar refractivity (Wildman–Crippen MR) is 39.9 cm³/mol. The molecule has 0 aromatic heterocycles. The molecule has 1 fully saturated rings. The van der Waals surface area contributed by atoms with Gasteiger partial charge in [0, 0.05) is 0 Å². The highest BCUT2D eigenvalue weighted by Crippen LogP contribution is 2.02. The summed E-state index contributed by atoms with van der Waals surface area (Å²) >= 11 is 0. The summed E-state index contributed by atoms with van der Waals surface area (Å²) in [5.41, 5.74) is 0. The molecule has 0 bridgehead atoms. The third kappa shape index (κ3) is 2.48. The van der Waals surface area contributed by atoms with Crippen molar-refractivity contribution in [1.82, 2.24) is 0 Å². The van der Waals surface area contributed by atoms with Crippen LogP contribution in [0.15, 0.2) is 0 Å². The number of ether oxygens (including phenoxy) is 3. The highest BCUT2D eigenvalue weighted by molar-refractivity contribution is 5.77. The predicted octanol–water partition coefficient (Wildman–Crippen LogP) is 0.416. The van der Waals surface area contributed by atoms with Crippen LogP contribution in [-0.2, 0) is 14.2 Å². The van der Waals surface area contributed by atoms with E-state index in [0.29, 0.717) is 26.4 Å². The van der Waals surface area contributed by atoms with E-state index in [1.807, 2.05) is 6.92 Å². The van der Waals surface area contributed by atoms with Gasteiger partial charge < -0.3 is 14.2 Å². The molecular weight excluding hydrogens is 146 g/mol. The molecule has 0 amide bonds. The molecule has 0 aromatic carbocycles. The molecule has 0 saturated carbocycles. The third-order valence-electron chi connectivity index (χ3n) is 1.41. The first-order valence-corrected chi connectivity index (χ1v) is 3.75. The van der Waals surface area contributed by atoms with Crippen molar-refractivity contribution in [3.8, 4) is 0 Å². The van der Waals surface area contributed by atoms with E-state index in [0.717, 1.165) is 0 Å². The minimum absolute atomic E-state index is 0.173. The summed E-state index contributed by atoms with van der Waals surface area (Å²) in [5.74, 6) is 0.173. The van der Waals surface area contributed by atoms with Gasteiger partial charge in [0.1, 0.15) is 0 Å². The van der Waals surface area contributed by atoms with Crippen molar-refractivity contribution in [2.45, 2.75) is 13.0 Å². The summed E-state index contributed by atoms with van der Waals surface area (Å²) in [6.07, 6.45) is -0.288. The second-order valence-corrected chi connectivity index (χ2v) is 2.23. The Morgan fingerprint density at radius 1 is 1.64 bits per heavy atom. The Morgan fingerprint density at radius 2 is 2.45 bits per heavy atom. The van der Waals surface area contributed by atoms with Gasteiger partial charge in [-0.2, -0.15) is 0 Å². The van der Waals surface area contributed by atoms with E-state index >= 15 is 0 Å². The first kappa shape index (κ1) is 8.49. The van der Waals surface area contributed by atoms with E-state index < -0.39 is 0 Å². The molecule has 1 rings (SSSR count). The fourth-order valence-electron chi connectivity index (χ4n) is 0.888. The highest BCUT2D eigenvalue weighted by Gasteiger charge is 2.19. The Balaban J connectivity index is 2.27. The van der Waals surface area contributed by atoms with Crippen LogP contribution in [0.25, 0.3) is 0 Å². The van der Waals surface area contributed by atoms with Gasteiger partial charge in [0.05, 0.1) is 26.4 Å². The van der Waals surface area contributed by atoms with Crippen molar-refractivity contribution in [3.05, 3.63) is 0 Å². The summed E-state index contributed by atoms with van der Waals surface area (Å²) in [6, 6.07) is 0. The zero-order valence-corrected chi connectivity index (χ0v) is 6.63. The fourth-order valence-corrected chi connectivity index (χ4v) is 0.888. The van der Waals surface area contributed by atoms with Gasteiger partial charge in [-0.05, 0) is 6.92 Å². The molecule has 0 aromatic rings. The smallest absolute Gasteiger partial charge is 0.212 e. The first-order chi connectivity index (χ1) is 5.34. The van der Waals surface area contributed by atoms with Crippen molar-refractivity contribution < 1.29 is 14.2 Å². The van der Waals surface area contributed by atoms with Crippen LogP contribution in [-0.4, -0.2) is 38.4 Å². The maximum absolute atomic E-state index is 7.36. The lowest BCUT2D eigenvalue weighted by Crippen LogP contribution is -2.36. The van der Waals surface area contributed by atoms with Gasteiger partial charge in [-0.3, -0.25) is 5.41 Å². The number of hydrogen-bond donors (Lipinski definition) is 1. The zero-order valence-electron chi connectivity index (χ0n) is 6.63. The monoisotopic (exact) mass is 159 g/mol. The van der Waals surface area contributed by atoms with E-state index in [9.17, 15) is 0 Å². The number of nitrogens with one attached hydrogen (secondary N) is 1. The molecule has 64 valence electrons. The third-order valence-corrected chi connectivity index (χ3v) is 1.41. The molecule has 1 atom stereocenters. The average molecular weight is 159 g/mol. The molecule has 1 unspecified atom stereocenters. The zero-order chi connectivity index (χ0) is 8.10. The minimum Gasteiger partial charge on any atom is -0.479 e. The molecule has 11 heavy (non-hydrogen) atoms. The lowest BCUT2D eigenvalue weighted by Gasteiger charge is -2.22. The Hall–Kier alpha value is -0.610. The van der Waals surface area contributed by atoms with Crippen molar-refractivity contribution in [2.75, 3.05) is 26.4 Å². The van der Waals surface area contributed by atoms with Crippen LogP contribution < -0.4 is 0 Å². The van der Waals surface area contributed by atoms with Crippen LogP contribution in [0.5, 0.6) is 0 Å². The minimum atomic E-state index is -0.288. The number of hydrogen-bond acceptors (Lipinski definition) is 4. The molecule has 1 heterocycles. The Bertz CT molecular complexity index is 132. The SMILES string of the molecule is CCOC(=N)C1COCCO1. The van der Waals surface area contributed by atoms with Crippen LogP contribution >= 0.6 is 0 Å². The van der Waals surface area contributed by atoms with Crippen LogP contribution in [0.2, 0.25) is 0 Å². The van der Waals surface area contributed by atoms with Gasteiger partial charge in [-0.15, -0.1) is 0 Å². The summed E-state index contributed by atoms with van der Waals surface area (Å²) in [6.45, 7) is 3.98. The fraction of sp³-hybridized carbons (Fsp3) is 0.857. The van der Waals surface area contributed by atoms with E-state index in [2.05, 4.69) is 0 Å². The van der Waals surface area contributed by atoms with Crippen LogP contribution in [0, 0.1) is 5.41 Å². The molecule has 1 N–H and O–H groups in total. The molecule has 0 aliphatic carbocycles.